The van der Waals surface area contributed by atoms with Crippen LogP contribution in [-0.2, 0) is 11.3 Å². The summed E-state index contributed by atoms with van der Waals surface area (Å²) in [5.74, 6) is -0.0285. The highest BCUT2D eigenvalue weighted by Crippen LogP contribution is 2.28. The van der Waals surface area contributed by atoms with Crippen LogP contribution in [-0.4, -0.2) is 66.1 Å². The summed E-state index contributed by atoms with van der Waals surface area (Å²) in [5.41, 5.74) is 3.00. The number of piperazine rings is 1. The molecule has 0 aromatic heterocycles. The highest BCUT2D eigenvalue weighted by Gasteiger charge is 2.21. The van der Waals surface area contributed by atoms with Gasteiger partial charge in [0.1, 0.15) is 11.6 Å². The molecule has 0 saturated carbocycles. The molecule has 0 aliphatic carbocycles. The topological polar surface area (TPSA) is 94.7 Å². The van der Waals surface area contributed by atoms with Crippen molar-refractivity contribution in [2.45, 2.75) is 26.3 Å². The van der Waals surface area contributed by atoms with E-state index in [2.05, 4.69) is 16.8 Å². The normalized spacial score (nSPS) is 15.1. The molecule has 1 heterocycles. The van der Waals surface area contributed by atoms with Crippen LogP contribution in [0.4, 0.5) is 5.69 Å². The number of aromatic hydroxyl groups is 1. The largest absolute Gasteiger partial charge is 0.508 e. The summed E-state index contributed by atoms with van der Waals surface area (Å²) < 4.78 is 0. The number of nitrogens with zero attached hydrogens (tertiary/aromatic N) is 3. The van der Waals surface area contributed by atoms with Gasteiger partial charge in [-0.1, -0.05) is 26.0 Å². The molecule has 0 amide bonds. The molecule has 164 valence electrons. The van der Waals surface area contributed by atoms with E-state index in [-0.39, 0.29) is 23.3 Å². The highest BCUT2D eigenvalue weighted by molar-refractivity contribution is 6.41. The van der Waals surface area contributed by atoms with E-state index in [1.54, 1.807) is 18.2 Å². The number of rotatable bonds is 6. The van der Waals surface area contributed by atoms with Crippen molar-refractivity contribution in [2.75, 3.05) is 38.1 Å². The minimum Gasteiger partial charge on any atom is -0.508 e. The second-order valence-corrected chi connectivity index (χ2v) is 8.36. The van der Waals surface area contributed by atoms with Crippen LogP contribution >= 0.6 is 0 Å². The van der Waals surface area contributed by atoms with Gasteiger partial charge in [-0.25, -0.2) is 0 Å². The predicted molar refractivity (Wildman–Crippen MR) is 125 cm³/mol. The van der Waals surface area contributed by atoms with Gasteiger partial charge < -0.3 is 10.0 Å². The Balaban J connectivity index is 1.82. The maximum Gasteiger partial charge on any atom is 0.185 e. The molecule has 1 saturated heterocycles. The summed E-state index contributed by atoms with van der Waals surface area (Å²) in [6.45, 7) is 8.97. The lowest BCUT2D eigenvalue weighted by molar-refractivity contribution is -0.102. The zero-order valence-corrected chi connectivity index (χ0v) is 18.4. The molecule has 0 spiro atoms. The Kier molecular flexibility index (Phi) is 7.20. The minimum atomic E-state index is -0.309. The van der Waals surface area contributed by atoms with E-state index in [0.717, 1.165) is 43.9 Å². The molecular weight excluding hydrogens is 390 g/mol. The molecule has 2 aromatic rings. The third-order valence-corrected chi connectivity index (χ3v) is 5.70. The van der Waals surface area contributed by atoms with E-state index >= 15 is 0 Å². The van der Waals surface area contributed by atoms with E-state index in [9.17, 15) is 9.90 Å². The van der Waals surface area contributed by atoms with E-state index in [1.165, 1.54) is 4.90 Å². The lowest BCUT2D eigenvalue weighted by Crippen LogP contribution is -2.43. The van der Waals surface area contributed by atoms with Gasteiger partial charge in [0.05, 0.1) is 0 Å². The lowest BCUT2D eigenvalue weighted by Gasteiger charge is -2.32. The molecular formula is C24H31N5O2. The molecule has 3 N–H and O–H groups in total. The molecule has 0 unspecified atom stereocenters. The summed E-state index contributed by atoms with van der Waals surface area (Å²) in [6.07, 6.45) is 0.441. The quantitative estimate of drug-likeness (QED) is 0.378. The Bertz CT molecular complexity index is 947. The lowest BCUT2D eigenvalue weighted by atomic mass is 9.99. The van der Waals surface area contributed by atoms with Gasteiger partial charge >= 0.3 is 0 Å². The average Bonchev–Trinajstić information content (AvgIpc) is 2.76. The number of hydrogen-bond acceptors (Lipinski definition) is 6. The molecule has 2 aromatic carbocycles. The number of phenols is 1. The van der Waals surface area contributed by atoms with E-state index in [1.807, 2.05) is 38.1 Å². The number of carbonyl (C=O) groups is 1. The van der Waals surface area contributed by atoms with E-state index in [4.69, 9.17) is 10.8 Å². The van der Waals surface area contributed by atoms with Crippen LogP contribution in [0.5, 0.6) is 5.75 Å². The van der Waals surface area contributed by atoms with Crippen molar-refractivity contribution in [3.8, 4) is 5.75 Å². The standard InChI is InChI=1S/C24H31N5O2/c1-17(2)21-14-19(6-9-22(21)31)24(26)29(23(25)16-30)20-7-4-18(5-8-20)15-28-12-10-27(3)11-13-28/h4-9,14,16-17,25-26,31H,10-13,15H2,1-3H3. The third kappa shape index (κ3) is 5.37. The van der Waals surface area contributed by atoms with Crippen molar-refractivity contribution < 1.29 is 9.90 Å². The van der Waals surface area contributed by atoms with Crippen LogP contribution in [0.1, 0.15) is 36.5 Å². The summed E-state index contributed by atoms with van der Waals surface area (Å²) in [4.78, 5) is 17.5. The van der Waals surface area contributed by atoms with Gasteiger partial charge in [-0.2, -0.15) is 0 Å². The first-order chi connectivity index (χ1) is 14.8. The zero-order chi connectivity index (χ0) is 22.5. The van der Waals surface area contributed by atoms with Crippen molar-refractivity contribution in [3.63, 3.8) is 0 Å². The number of amidine groups is 2. The van der Waals surface area contributed by atoms with Crippen molar-refractivity contribution in [1.29, 1.82) is 10.8 Å². The molecule has 3 rings (SSSR count). The van der Waals surface area contributed by atoms with Gasteiger partial charge in [0, 0.05) is 44.0 Å². The first-order valence-corrected chi connectivity index (χ1v) is 10.6. The average molecular weight is 422 g/mol. The number of nitrogens with one attached hydrogen (secondary N) is 2. The number of aldehydes is 1. The minimum absolute atomic E-state index is 0.0193. The molecule has 0 atom stereocenters. The Morgan fingerprint density at radius 3 is 2.32 bits per heavy atom. The van der Waals surface area contributed by atoms with Crippen molar-refractivity contribution in [1.82, 2.24) is 9.80 Å². The predicted octanol–water partition coefficient (Wildman–Crippen LogP) is 3.27. The number of likely N-dealkylation sites (N-methyl/N-ethyl adjacent to an activating group) is 1. The number of phenolic OH excluding ortho intramolecular Hbond substituents is 1. The summed E-state index contributed by atoms with van der Waals surface area (Å²) >= 11 is 0. The van der Waals surface area contributed by atoms with Gasteiger partial charge in [0.15, 0.2) is 12.1 Å². The molecule has 0 bridgehead atoms. The fourth-order valence-electron chi connectivity index (χ4n) is 3.75. The number of carbonyl (C=O) groups excluding carboxylic acids is 1. The Labute approximate surface area is 183 Å². The smallest absolute Gasteiger partial charge is 0.185 e. The first kappa shape index (κ1) is 22.7. The molecule has 1 fully saturated rings. The molecule has 0 radical (unpaired) electrons. The maximum atomic E-state index is 11.4. The Morgan fingerprint density at radius 1 is 1.10 bits per heavy atom. The zero-order valence-electron chi connectivity index (χ0n) is 18.4. The van der Waals surface area contributed by atoms with Crippen molar-refractivity contribution >= 4 is 23.6 Å². The van der Waals surface area contributed by atoms with E-state index in [0.29, 0.717) is 17.5 Å². The number of hydrogen-bond donors (Lipinski definition) is 3. The van der Waals surface area contributed by atoms with Gasteiger partial charge in [0.2, 0.25) is 0 Å². The second kappa shape index (κ2) is 9.85. The van der Waals surface area contributed by atoms with Crippen LogP contribution in [0, 0.1) is 10.8 Å². The van der Waals surface area contributed by atoms with Gasteiger partial charge in [0.25, 0.3) is 0 Å². The third-order valence-electron chi connectivity index (χ3n) is 5.70. The van der Waals surface area contributed by atoms with Gasteiger partial charge in [-0.15, -0.1) is 0 Å². The second-order valence-electron chi connectivity index (χ2n) is 8.36. The van der Waals surface area contributed by atoms with Crippen LogP contribution in [0.15, 0.2) is 42.5 Å². The Morgan fingerprint density at radius 2 is 1.74 bits per heavy atom. The van der Waals surface area contributed by atoms with Gasteiger partial charge in [-0.05, 0) is 54.4 Å². The first-order valence-electron chi connectivity index (χ1n) is 10.6. The number of benzene rings is 2. The number of anilines is 1. The Hall–Kier alpha value is -3.03. The van der Waals surface area contributed by atoms with E-state index < -0.39 is 0 Å². The van der Waals surface area contributed by atoms with Crippen molar-refractivity contribution in [2.24, 2.45) is 0 Å². The fraction of sp³-hybridized carbons (Fsp3) is 0.375. The van der Waals surface area contributed by atoms with Crippen LogP contribution in [0.25, 0.3) is 0 Å². The van der Waals surface area contributed by atoms with Crippen LogP contribution in [0.3, 0.4) is 0 Å². The monoisotopic (exact) mass is 421 g/mol. The van der Waals surface area contributed by atoms with Gasteiger partial charge in [-0.3, -0.25) is 25.4 Å². The summed E-state index contributed by atoms with van der Waals surface area (Å²) in [5, 5.41) is 26.9. The molecule has 1 aliphatic heterocycles. The summed E-state index contributed by atoms with van der Waals surface area (Å²) in [6, 6.07) is 12.6. The van der Waals surface area contributed by atoms with Crippen molar-refractivity contribution in [3.05, 3.63) is 59.2 Å². The maximum absolute atomic E-state index is 11.4. The van der Waals surface area contributed by atoms with Crippen LogP contribution in [0.2, 0.25) is 0 Å². The fourth-order valence-corrected chi connectivity index (χ4v) is 3.75. The van der Waals surface area contributed by atoms with Crippen LogP contribution < -0.4 is 4.90 Å². The summed E-state index contributed by atoms with van der Waals surface area (Å²) in [7, 11) is 2.13. The molecule has 1 aliphatic rings. The molecule has 7 nitrogen and oxygen atoms in total. The molecule has 7 heteroatoms. The highest BCUT2D eigenvalue weighted by atomic mass is 16.3. The SMILES string of the molecule is CC(C)c1cc(C(=N)N(C(=N)C=O)c2ccc(CN3CCN(C)CC3)cc2)ccc1O. The molecule has 31 heavy (non-hydrogen) atoms.